The Morgan fingerprint density at radius 3 is 3.16 bits per heavy atom. The van der Waals surface area contributed by atoms with Crippen LogP contribution in [0.15, 0.2) is 23.3 Å². The molecule has 0 aromatic heterocycles. The van der Waals surface area contributed by atoms with Gasteiger partial charge in [0, 0.05) is 11.5 Å². The van der Waals surface area contributed by atoms with Crippen molar-refractivity contribution in [3.63, 3.8) is 0 Å². The molecule has 1 aromatic carbocycles. The summed E-state index contributed by atoms with van der Waals surface area (Å²) < 4.78 is 10.2. The Hall–Kier alpha value is -1.75. The average Bonchev–Trinajstić information content (AvgIpc) is 2.78. The molecule has 0 aliphatic carbocycles. The van der Waals surface area contributed by atoms with E-state index in [9.17, 15) is 4.79 Å². The van der Waals surface area contributed by atoms with Gasteiger partial charge in [0.1, 0.15) is 5.75 Å². The maximum Gasteiger partial charge on any atom is 0.370 e. The van der Waals surface area contributed by atoms with Crippen LogP contribution < -0.4 is 10.2 Å². The number of rotatable bonds is 4. The lowest BCUT2D eigenvalue weighted by Gasteiger charge is -2.05. The molecule has 19 heavy (non-hydrogen) atoms. The SMILES string of the molecule is CCOC(=O)C(Cl)=NNc1ccc2c(c1)C(C)CO2. The summed E-state index contributed by atoms with van der Waals surface area (Å²) in [5.74, 6) is 0.592. The van der Waals surface area contributed by atoms with Crippen LogP contribution in [-0.2, 0) is 9.53 Å². The molecule has 0 saturated carbocycles. The van der Waals surface area contributed by atoms with Crippen LogP contribution in [0.3, 0.4) is 0 Å². The van der Waals surface area contributed by atoms with Crippen LogP contribution in [0.5, 0.6) is 5.75 Å². The molecule has 1 unspecified atom stereocenters. The van der Waals surface area contributed by atoms with E-state index in [-0.39, 0.29) is 11.8 Å². The number of anilines is 1. The maximum atomic E-state index is 11.3. The van der Waals surface area contributed by atoms with Crippen molar-refractivity contribution in [3.8, 4) is 5.75 Å². The average molecular weight is 283 g/mol. The Morgan fingerprint density at radius 2 is 2.42 bits per heavy atom. The predicted molar refractivity (Wildman–Crippen MR) is 73.9 cm³/mol. The molecule has 5 nitrogen and oxygen atoms in total. The minimum atomic E-state index is -0.644. The molecular weight excluding hydrogens is 268 g/mol. The van der Waals surface area contributed by atoms with Gasteiger partial charge in [-0.2, -0.15) is 5.10 Å². The summed E-state index contributed by atoms with van der Waals surface area (Å²) in [6.07, 6.45) is 0. The summed E-state index contributed by atoms with van der Waals surface area (Å²) >= 11 is 5.69. The molecule has 0 amide bonds. The highest BCUT2D eigenvalue weighted by molar-refractivity contribution is 6.82. The van der Waals surface area contributed by atoms with E-state index < -0.39 is 5.97 Å². The second-order valence-electron chi connectivity index (χ2n) is 4.20. The van der Waals surface area contributed by atoms with E-state index in [0.29, 0.717) is 12.5 Å². The zero-order valence-electron chi connectivity index (χ0n) is 10.8. The first-order valence-corrected chi connectivity index (χ1v) is 6.42. The molecule has 0 radical (unpaired) electrons. The molecule has 6 heteroatoms. The third-order valence-electron chi connectivity index (χ3n) is 2.76. The number of fused-ring (bicyclic) bond motifs is 1. The third-order valence-corrected chi connectivity index (χ3v) is 3.00. The lowest BCUT2D eigenvalue weighted by molar-refractivity contribution is -0.134. The number of halogens is 1. The van der Waals surface area contributed by atoms with Crippen molar-refractivity contribution in [2.24, 2.45) is 5.10 Å². The van der Waals surface area contributed by atoms with Gasteiger partial charge in [-0.1, -0.05) is 18.5 Å². The maximum absolute atomic E-state index is 11.3. The molecule has 1 aliphatic heterocycles. The molecule has 102 valence electrons. The van der Waals surface area contributed by atoms with E-state index >= 15 is 0 Å². The van der Waals surface area contributed by atoms with Gasteiger partial charge in [0.15, 0.2) is 0 Å². The minimum Gasteiger partial charge on any atom is -0.493 e. The standard InChI is InChI=1S/C13H15ClN2O3/c1-3-18-13(17)12(14)16-15-9-4-5-11-10(6-9)8(2)7-19-11/h4-6,8,15H,3,7H2,1-2H3. The number of hydrogen-bond donors (Lipinski definition) is 1. The zero-order valence-corrected chi connectivity index (χ0v) is 11.5. The van der Waals surface area contributed by atoms with Crippen LogP contribution >= 0.6 is 11.6 Å². The number of benzene rings is 1. The van der Waals surface area contributed by atoms with Crippen molar-refractivity contribution in [3.05, 3.63) is 23.8 Å². The van der Waals surface area contributed by atoms with Gasteiger partial charge >= 0.3 is 5.97 Å². The second kappa shape index (κ2) is 5.93. The number of hydrogen-bond acceptors (Lipinski definition) is 5. The van der Waals surface area contributed by atoms with Gasteiger partial charge in [-0.15, -0.1) is 0 Å². The molecule has 1 N–H and O–H groups in total. The van der Waals surface area contributed by atoms with E-state index in [1.165, 1.54) is 0 Å². The van der Waals surface area contributed by atoms with Crippen LogP contribution in [0.2, 0.25) is 0 Å². The largest absolute Gasteiger partial charge is 0.493 e. The monoisotopic (exact) mass is 282 g/mol. The summed E-state index contributed by atoms with van der Waals surface area (Å²) in [4.78, 5) is 11.3. The fourth-order valence-corrected chi connectivity index (χ4v) is 1.89. The third kappa shape index (κ3) is 3.17. The highest BCUT2D eigenvalue weighted by atomic mass is 35.5. The zero-order chi connectivity index (χ0) is 13.8. The second-order valence-corrected chi connectivity index (χ2v) is 4.56. The van der Waals surface area contributed by atoms with E-state index in [1.54, 1.807) is 6.92 Å². The van der Waals surface area contributed by atoms with Gasteiger partial charge in [-0.05, 0) is 25.1 Å². The molecule has 2 rings (SSSR count). The van der Waals surface area contributed by atoms with Crippen molar-refractivity contribution in [2.75, 3.05) is 18.6 Å². The number of carbonyl (C=O) groups is 1. The molecule has 1 aromatic rings. The van der Waals surface area contributed by atoms with Crippen LogP contribution in [0.4, 0.5) is 5.69 Å². The van der Waals surface area contributed by atoms with E-state index in [2.05, 4.69) is 17.5 Å². The molecule has 1 atom stereocenters. The summed E-state index contributed by atoms with van der Waals surface area (Å²) in [5.41, 5.74) is 4.60. The van der Waals surface area contributed by atoms with Crippen molar-refractivity contribution in [1.82, 2.24) is 0 Å². The number of esters is 1. The predicted octanol–water partition coefficient (Wildman–Crippen LogP) is 2.71. The number of ether oxygens (including phenoxy) is 2. The first-order valence-electron chi connectivity index (χ1n) is 6.05. The van der Waals surface area contributed by atoms with Gasteiger partial charge < -0.3 is 9.47 Å². The Kier molecular flexibility index (Phi) is 4.27. The summed E-state index contributed by atoms with van der Waals surface area (Å²) in [5, 5.41) is 3.55. The highest BCUT2D eigenvalue weighted by Gasteiger charge is 2.20. The Bertz CT molecular complexity index is 517. The first-order chi connectivity index (χ1) is 9.11. The molecule has 0 fully saturated rings. The quantitative estimate of drug-likeness (QED) is 0.524. The number of carbonyl (C=O) groups excluding carboxylic acids is 1. The highest BCUT2D eigenvalue weighted by Crippen LogP contribution is 2.35. The van der Waals surface area contributed by atoms with E-state index in [0.717, 1.165) is 17.0 Å². The van der Waals surface area contributed by atoms with Gasteiger partial charge in [0.05, 0.1) is 18.9 Å². The Morgan fingerprint density at radius 1 is 1.63 bits per heavy atom. The minimum absolute atomic E-state index is 0.230. The Labute approximate surface area is 116 Å². The molecule has 0 bridgehead atoms. The number of nitrogens with one attached hydrogen (secondary N) is 1. The topological polar surface area (TPSA) is 59.9 Å². The fraction of sp³-hybridized carbons (Fsp3) is 0.385. The first kappa shape index (κ1) is 13.7. The molecule has 0 saturated heterocycles. The lowest BCUT2D eigenvalue weighted by Crippen LogP contribution is -2.13. The van der Waals surface area contributed by atoms with Crippen molar-refractivity contribution in [1.29, 1.82) is 0 Å². The number of hydrazone groups is 1. The molecule has 1 aliphatic rings. The summed E-state index contributed by atoms with van der Waals surface area (Å²) in [7, 11) is 0. The van der Waals surface area contributed by atoms with Crippen LogP contribution in [-0.4, -0.2) is 24.4 Å². The van der Waals surface area contributed by atoms with Crippen LogP contribution in [0, 0.1) is 0 Å². The van der Waals surface area contributed by atoms with Crippen molar-refractivity contribution in [2.45, 2.75) is 19.8 Å². The molecular formula is C13H15ClN2O3. The van der Waals surface area contributed by atoms with E-state index in [1.807, 2.05) is 18.2 Å². The fourth-order valence-electron chi connectivity index (χ4n) is 1.79. The van der Waals surface area contributed by atoms with Crippen LogP contribution in [0.1, 0.15) is 25.3 Å². The summed E-state index contributed by atoms with van der Waals surface area (Å²) in [6.45, 7) is 4.74. The van der Waals surface area contributed by atoms with Gasteiger partial charge in [0.2, 0.25) is 5.17 Å². The van der Waals surface area contributed by atoms with Crippen LogP contribution in [0.25, 0.3) is 0 Å². The number of nitrogens with zero attached hydrogens (tertiary/aromatic N) is 1. The smallest absolute Gasteiger partial charge is 0.370 e. The summed E-state index contributed by atoms with van der Waals surface area (Å²) in [6, 6.07) is 5.62. The lowest BCUT2D eigenvalue weighted by atomic mass is 10.0. The van der Waals surface area contributed by atoms with Gasteiger partial charge in [-0.25, -0.2) is 4.79 Å². The van der Waals surface area contributed by atoms with Crippen molar-refractivity contribution >= 4 is 28.4 Å². The van der Waals surface area contributed by atoms with Crippen molar-refractivity contribution < 1.29 is 14.3 Å². The van der Waals surface area contributed by atoms with E-state index in [4.69, 9.17) is 21.1 Å². The van der Waals surface area contributed by atoms with Gasteiger partial charge in [0.25, 0.3) is 0 Å². The molecule has 0 spiro atoms. The Balaban J connectivity index is 2.06. The van der Waals surface area contributed by atoms with Gasteiger partial charge in [-0.3, -0.25) is 5.43 Å². The normalized spacial score (nSPS) is 17.6. The molecule has 1 heterocycles.